The molecule has 1 fully saturated rings. The van der Waals surface area contributed by atoms with Gasteiger partial charge in [-0.25, -0.2) is 0 Å². The number of rotatable bonds is 15. The third-order valence-corrected chi connectivity index (χ3v) is 15.7. The normalized spacial score (nSPS) is 19.1. The molecule has 0 aromatic heterocycles. The van der Waals surface area contributed by atoms with Crippen LogP contribution in [0.5, 0.6) is 11.5 Å². The molecule has 1 aliphatic heterocycles. The van der Waals surface area contributed by atoms with Gasteiger partial charge >= 0.3 is 166 Å². The molecule has 0 aliphatic carbocycles. The quantitative estimate of drug-likeness (QED) is 0.125. The van der Waals surface area contributed by atoms with Gasteiger partial charge in [-0.05, 0) is 37.6 Å². The summed E-state index contributed by atoms with van der Waals surface area (Å²) in [4.78, 5) is 0. The number of aliphatic hydroxyl groups excluding tert-OH is 1. The van der Waals surface area contributed by atoms with Crippen LogP contribution in [0.25, 0.3) is 0 Å². The number of hydrogen-bond donors (Lipinski definition) is 1. The van der Waals surface area contributed by atoms with Gasteiger partial charge in [-0.3, -0.25) is 0 Å². The zero-order valence-electron chi connectivity index (χ0n) is 23.2. The predicted molar refractivity (Wildman–Crippen MR) is 169 cm³/mol. The molecule has 1 aliphatic rings. The van der Waals surface area contributed by atoms with Crippen LogP contribution in [0, 0.1) is 0 Å². The summed E-state index contributed by atoms with van der Waals surface area (Å²) in [7, 11) is 1.12. The first-order valence-corrected chi connectivity index (χ1v) is 19.1. The first-order chi connectivity index (χ1) is 18.6. The zero-order valence-corrected chi connectivity index (χ0v) is 27.8. The van der Waals surface area contributed by atoms with Crippen molar-refractivity contribution in [3.8, 4) is 11.5 Å². The van der Waals surface area contributed by atoms with Crippen molar-refractivity contribution in [3.63, 3.8) is 0 Å². The van der Waals surface area contributed by atoms with Crippen molar-refractivity contribution in [2.45, 2.75) is 63.5 Å². The molecule has 3 rings (SSSR count). The van der Waals surface area contributed by atoms with E-state index in [1.807, 2.05) is 55.1 Å². The van der Waals surface area contributed by atoms with E-state index in [0.29, 0.717) is 11.3 Å². The topological polar surface area (TPSA) is 82.0 Å². The molecule has 0 amide bonds. The van der Waals surface area contributed by atoms with Crippen molar-refractivity contribution in [2.24, 2.45) is 5.10 Å². The van der Waals surface area contributed by atoms with E-state index in [1.165, 1.54) is 7.11 Å². The van der Waals surface area contributed by atoms with Gasteiger partial charge in [-0.1, -0.05) is 18.7 Å². The third-order valence-electron chi connectivity index (χ3n) is 6.92. The van der Waals surface area contributed by atoms with Crippen LogP contribution in [0.15, 0.2) is 53.6 Å². The number of benzene rings is 2. The SMILES string of the molecule is CCC(C)(Oc1ccc(/C=N/N(C)[PH](=S)C(CC)(CC)Oc2ccc(C(O)[PH]3(OC)OCO3)cc2)cc1)P=S. The fourth-order valence-corrected chi connectivity index (χ4v) is 9.17. The minimum absolute atomic E-state index is 0.140. The summed E-state index contributed by atoms with van der Waals surface area (Å²) in [6, 6.07) is 15.1. The smallest absolute Gasteiger partial charge is 0.0222 e. The summed E-state index contributed by atoms with van der Waals surface area (Å²) in [5.41, 5.74) is 1.60. The predicted octanol–water partition coefficient (Wildman–Crippen LogP) is 7.19. The Morgan fingerprint density at radius 2 is 1.64 bits per heavy atom. The van der Waals surface area contributed by atoms with E-state index in [9.17, 15) is 5.11 Å². The van der Waals surface area contributed by atoms with E-state index in [2.05, 4.69) is 25.9 Å². The molecule has 2 aromatic rings. The Balaban J connectivity index is 1.68. The molecular formula is C26H39N2O6P3S2. The molecular weight excluding hydrogens is 593 g/mol. The van der Waals surface area contributed by atoms with Gasteiger partial charge in [0.15, 0.2) is 5.34 Å². The first kappa shape index (κ1) is 32.5. The molecule has 3 unspecified atom stereocenters. The summed E-state index contributed by atoms with van der Waals surface area (Å²) < 4.78 is 30.7. The van der Waals surface area contributed by atoms with Gasteiger partial charge in [0, 0.05) is 7.36 Å². The molecule has 0 saturated carbocycles. The van der Waals surface area contributed by atoms with Gasteiger partial charge in [0.1, 0.15) is 5.75 Å². The van der Waals surface area contributed by atoms with Crippen LogP contribution >= 0.6 is 22.1 Å². The summed E-state index contributed by atoms with van der Waals surface area (Å²) in [5, 5.41) is 14.4. The third kappa shape index (κ3) is 7.62. The maximum atomic E-state index is 10.7. The van der Waals surface area contributed by atoms with Crippen LogP contribution in [-0.4, -0.2) is 47.7 Å². The number of hydrogen-bond acceptors (Lipinski definition) is 9. The summed E-state index contributed by atoms with van der Waals surface area (Å²) in [6.45, 7) is 6.73. The summed E-state index contributed by atoms with van der Waals surface area (Å²) in [6.07, 6.45) is 4.10. The van der Waals surface area contributed by atoms with Crippen molar-refractivity contribution < 1.29 is 28.2 Å². The fourth-order valence-electron chi connectivity index (χ4n) is 3.98. The Labute approximate surface area is 244 Å². The number of hydrazone groups is 1. The van der Waals surface area contributed by atoms with Gasteiger partial charge < -0.3 is 4.74 Å². The average molecular weight is 633 g/mol. The van der Waals surface area contributed by atoms with Gasteiger partial charge in [-0.15, -0.1) is 0 Å². The van der Waals surface area contributed by atoms with Crippen molar-refractivity contribution in [3.05, 3.63) is 59.7 Å². The van der Waals surface area contributed by atoms with Gasteiger partial charge in [0.05, 0.1) is 0 Å². The first-order valence-electron chi connectivity index (χ1n) is 12.9. The second-order valence-electron chi connectivity index (χ2n) is 9.35. The molecule has 0 spiro atoms. The largest absolute Gasteiger partial charge is 0.0534 e. The standard InChI is InChI=1S/C26H39N2O6P3S2/c1-7-25(4,35-38)33-22-14-10-20(11-15-22)18-27-28(5)36(39)26(8-2,9-3)34-23-16-12-21(13-17-23)24(29)37(30-6)31-19-32-37/h10-18,24,29,36-37H,7-9,19H2,1-6H3/b27-18+. The molecule has 13 heteroatoms. The minimum atomic E-state index is -3.06. The Bertz CT molecular complexity index is 1140. The fraction of sp³-hybridized carbons (Fsp3) is 0.500. The Kier molecular flexibility index (Phi) is 11.8. The average Bonchev–Trinajstić information content (AvgIpc) is 2.95. The van der Waals surface area contributed by atoms with Crippen LogP contribution in [0.4, 0.5) is 0 Å². The van der Waals surface area contributed by atoms with Crippen molar-refractivity contribution in [2.75, 3.05) is 21.0 Å². The molecule has 3 atom stereocenters. The Hall–Kier alpha value is -1.05. The molecule has 8 nitrogen and oxygen atoms in total. The molecule has 2 aromatic carbocycles. The minimum Gasteiger partial charge on any atom is -0.0534 e. The molecule has 0 radical (unpaired) electrons. The van der Waals surface area contributed by atoms with E-state index in [-0.39, 0.29) is 12.1 Å². The molecule has 39 heavy (non-hydrogen) atoms. The molecule has 1 heterocycles. The second kappa shape index (κ2) is 14.2. The van der Waals surface area contributed by atoms with Crippen LogP contribution in [-0.2, 0) is 37.2 Å². The zero-order chi connectivity index (χ0) is 28.7. The van der Waals surface area contributed by atoms with Crippen LogP contribution in [0.2, 0.25) is 0 Å². The van der Waals surface area contributed by atoms with Crippen molar-refractivity contribution in [1.29, 1.82) is 0 Å². The maximum Gasteiger partial charge on any atom is 0.0222 e. The molecule has 0 bridgehead atoms. The monoisotopic (exact) mass is 632 g/mol. The van der Waals surface area contributed by atoms with Crippen LogP contribution in [0.1, 0.15) is 63.9 Å². The summed E-state index contributed by atoms with van der Waals surface area (Å²) in [5.74, 6) is 0.506. The van der Waals surface area contributed by atoms with Gasteiger partial charge in [0.2, 0.25) is 0 Å². The molecule has 216 valence electrons. The van der Waals surface area contributed by atoms with E-state index in [0.717, 1.165) is 37.9 Å². The van der Waals surface area contributed by atoms with Crippen molar-refractivity contribution in [1.82, 2.24) is 4.78 Å². The number of aliphatic hydroxyl groups is 1. The van der Waals surface area contributed by atoms with Gasteiger partial charge in [-0.2, -0.15) is 0 Å². The van der Waals surface area contributed by atoms with E-state index in [4.69, 9.17) is 46.7 Å². The summed E-state index contributed by atoms with van der Waals surface area (Å²) >= 11 is 11.3. The van der Waals surface area contributed by atoms with E-state index >= 15 is 0 Å². The maximum absolute atomic E-state index is 10.7. The Morgan fingerprint density at radius 3 is 2.10 bits per heavy atom. The second-order valence-corrected chi connectivity index (χ2v) is 17.1. The van der Waals surface area contributed by atoms with E-state index < -0.39 is 26.0 Å². The van der Waals surface area contributed by atoms with Gasteiger partial charge in [0.25, 0.3) is 0 Å². The van der Waals surface area contributed by atoms with E-state index in [1.54, 1.807) is 18.3 Å². The van der Waals surface area contributed by atoms with Crippen LogP contribution in [0.3, 0.4) is 0 Å². The molecule has 1 saturated heterocycles. The van der Waals surface area contributed by atoms with Crippen LogP contribution < -0.4 is 9.47 Å². The number of ether oxygens (including phenoxy) is 2. The Morgan fingerprint density at radius 1 is 1.08 bits per heavy atom. The molecule has 1 N–H and O–H groups in total. The number of nitrogens with zero attached hydrogens (tertiary/aromatic N) is 2. The van der Waals surface area contributed by atoms with Crippen molar-refractivity contribution >= 4 is 52.0 Å².